The van der Waals surface area contributed by atoms with Gasteiger partial charge in [-0.05, 0) is 47.2 Å². The van der Waals surface area contributed by atoms with E-state index in [0.717, 1.165) is 24.3 Å². The molecule has 1 aromatic carbocycles. The van der Waals surface area contributed by atoms with E-state index in [9.17, 15) is 14.0 Å². The lowest BCUT2D eigenvalue weighted by molar-refractivity contribution is 0.0702. The summed E-state index contributed by atoms with van der Waals surface area (Å²) in [4.78, 5) is 27.4. The number of aromatic nitrogens is 2. The van der Waals surface area contributed by atoms with Gasteiger partial charge in [0.1, 0.15) is 10.7 Å². The average Bonchev–Trinajstić information content (AvgIpc) is 3.29. The number of carboxylic acid groups (broad SMARTS) is 1. The molecular weight excluding hydrogens is 357 g/mol. The maximum absolute atomic E-state index is 13.9. The summed E-state index contributed by atoms with van der Waals surface area (Å²) in [5, 5.41) is 13.4. The van der Waals surface area contributed by atoms with Gasteiger partial charge in [-0.25, -0.2) is 14.2 Å². The van der Waals surface area contributed by atoms with Crippen molar-refractivity contribution in [2.24, 2.45) is 0 Å². The fraction of sp³-hybridized carbons (Fsp3) is 0.167. The number of nitrogens with zero attached hydrogens (tertiary/aromatic N) is 2. The number of carboxylic acids is 1. The molecule has 3 rings (SSSR count). The van der Waals surface area contributed by atoms with Crippen molar-refractivity contribution in [3.8, 4) is 11.1 Å². The molecule has 8 heteroatoms. The number of hydrogen-bond donors (Lipinski definition) is 2. The minimum atomic E-state index is -1.03. The van der Waals surface area contributed by atoms with Crippen molar-refractivity contribution in [3.63, 3.8) is 0 Å². The van der Waals surface area contributed by atoms with Crippen LogP contribution in [0.25, 0.3) is 11.1 Å². The number of hydrogen-bond acceptors (Lipinski definition) is 4. The zero-order valence-corrected chi connectivity index (χ0v) is 14.5. The zero-order valence-electron chi connectivity index (χ0n) is 13.7. The number of carbonyl (C=O) groups excluding carboxylic acids is 1. The topological polar surface area (TPSA) is 84.2 Å². The predicted molar refractivity (Wildman–Crippen MR) is 95.8 cm³/mol. The van der Waals surface area contributed by atoms with Crippen LogP contribution >= 0.6 is 11.3 Å². The Morgan fingerprint density at radius 1 is 1.23 bits per heavy atom. The molecule has 0 aliphatic heterocycles. The molecule has 0 saturated carbocycles. The molecule has 0 atom stereocenters. The van der Waals surface area contributed by atoms with Crippen molar-refractivity contribution >= 4 is 23.2 Å². The average molecular weight is 373 g/mol. The van der Waals surface area contributed by atoms with Crippen LogP contribution in [0.4, 0.5) is 4.39 Å². The van der Waals surface area contributed by atoms with E-state index < -0.39 is 11.8 Å². The van der Waals surface area contributed by atoms with Gasteiger partial charge in [0.2, 0.25) is 0 Å². The molecule has 0 unspecified atom stereocenters. The first kappa shape index (κ1) is 17.8. The maximum atomic E-state index is 13.9. The van der Waals surface area contributed by atoms with Crippen molar-refractivity contribution in [2.45, 2.75) is 13.0 Å². The molecule has 0 spiro atoms. The third kappa shape index (κ3) is 4.34. The first-order chi connectivity index (χ1) is 12.5. The number of benzene rings is 1. The van der Waals surface area contributed by atoms with Crippen LogP contribution < -0.4 is 5.32 Å². The fourth-order valence-corrected chi connectivity index (χ4v) is 3.23. The van der Waals surface area contributed by atoms with E-state index in [-0.39, 0.29) is 16.3 Å². The minimum absolute atomic E-state index is 0.162. The number of aryl methyl sites for hydroxylation is 1. The molecule has 6 nitrogen and oxygen atoms in total. The standard InChI is InChI=1S/C18H16FN3O3S/c19-15-7-12(14-9-16(18(24)25)26-10-14)6-13(8-15)17(23)21-2-1-4-22-5-3-20-11-22/h3,5-11H,1-2,4H2,(H,21,23)(H,24,25). The van der Waals surface area contributed by atoms with Crippen LogP contribution in [-0.4, -0.2) is 33.1 Å². The van der Waals surface area contributed by atoms with Crippen LogP contribution in [-0.2, 0) is 6.54 Å². The van der Waals surface area contributed by atoms with Gasteiger partial charge in [-0.1, -0.05) is 0 Å². The highest BCUT2D eigenvalue weighted by Crippen LogP contribution is 2.27. The van der Waals surface area contributed by atoms with Gasteiger partial charge in [0.15, 0.2) is 0 Å². The number of rotatable bonds is 7. The molecular formula is C18H16FN3O3S. The van der Waals surface area contributed by atoms with E-state index in [1.807, 2.05) is 10.8 Å². The number of carbonyl (C=O) groups is 2. The van der Waals surface area contributed by atoms with Crippen LogP contribution in [0.2, 0.25) is 0 Å². The Hall–Kier alpha value is -3.00. The minimum Gasteiger partial charge on any atom is -0.477 e. The molecule has 134 valence electrons. The van der Waals surface area contributed by atoms with Gasteiger partial charge < -0.3 is 15.0 Å². The van der Waals surface area contributed by atoms with Crippen LogP contribution in [0.5, 0.6) is 0 Å². The molecule has 2 heterocycles. The molecule has 2 aromatic heterocycles. The zero-order chi connectivity index (χ0) is 18.5. The number of halogens is 1. The van der Waals surface area contributed by atoms with Crippen LogP contribution in [0.1, 0.15) is 26.5 Å². The summed E-state index contributed by atoms with van der Waals surface area (Å²) in [5.41, 5.74) is 1.24. The third-order valence-electron chi connectivity index (χ3n) is 3.74. The van der Waals surface area contributed by atoms with E-state index in [0.29, 0.717) is 17.7 Å². The Balaban J connectivity index is 1.66. The first-order valence-electron chi connectivity index (χ1n) is 7.89. The van der Waals surface area contributed by atoms with Crippen LogP contribution in [0, 0.1) is 5.82 Å². The van der Waals surface area contributed by atoms with Crippen molar-refractivity contribution in [1.29, 1.82) is 0 Å². The third-order valence-corrected chi connectivity index (χ3v) is 4.66. The summed E-state index contributed by atoms with van der Waals surface area (Å²) in [5.74, 6) is -1.95. The van der Waals surface area contributed by atoms with Gasteiger partial charge in [0.25, 0.3) is 5.91 Å². The summed E-state index contributed by atoms with van der Waals surface area (Å²) >= 11 is 1.06. The lowest BCUT2D eigenvalue weighted by Crippen LogP contribution is -2.25. The van der Waals surface area contributed by atoms with Crippen molar-refractivity contribution in [2.75, 3.05) is 6.54 Å². The van der Waals surface area contributed by atoms with Gasteiger partial charge in [-0.3, -0.25) is 4.79 Å². The van der Waals surface area contributed by atoms with Crippen molar-refractivity contribution in [3.05, 3.63) is 64.6 Å². The fourth-order valence-electron chi connectivity index (χ4n) is 2.47. The first-order valence-corrected chi connectivity index (χ1v) is 8.77. The smallest absolute Gasteiger partial charge is 0.345 e. The number of imidazole rings is 1. The Kier molecular flexibility index (Phi) is 5.43. The van der Waals surface area contributed by atoms with Crippen molar-refractivity contribution < 1.29 is 19.1 Å². The molecule has 0 fully saturated rings. The highest BCUT2D eigenvalue weighted by molar-refractivity contribution is 7.12. The van der Waals surface area contributed by atoms with E-state index in [4.69, 9.17) is 5.11 Å². The second-order valence-corrected chi connectivity index (χ2v) is 6.55. The highest BCUT2D eigenvalue weighted by Gasteiger charge is 2.13. The van der Waals surface area contributed by atoms with Crippen LogP contribution in [0.3, 0.4) is 0 Å². The molecule has 0 saturated heterocycles. The van der Waals surface area contributed by atoms with E-state index in [1.54, 1.807) is 24.0 Å². The summed E-state index contributed by atoms with van der Waals surface area (Å²) in [7, 11) is 0. The second kappa shape index (κ2) is 7.92. The number of thiophene rings is 1. The van der Waals surface area contributed by atoms with E-state index in [2.05, 4.69) is 10.3 Å². The largest absolute Gasteiger partial charge is 0.477 e. The summed E-state index contributed by atoms with van der Waals surface area (Å²) in [6.45, 7) is 1.17. The Bertz CT molecular complexity index is 922. The number of nitrogens with one attached hydrogen (secondary N) is 1. The molecule has 26 heavy (non-hydrogen) atoms. The SMILES string of the molecule is O=C(NCCCn1ccnc1)c1cc(F)cc(-c2csc(C(=O)O)c2)c1. The predicted octanol–water partition coefficient (Wildman–Crippen LogP) is 3.27. The monoisotopic (exact) mass is 373 g/mol. The van der Waals surface area contributed by atoms with Crippen molar-refractivity contribution in [1.82, 2.24) is 14.9 Å². The Morgan fingerprint density at radius 3 is 2.77 bits per heavy atom. The summed E-state index contributed by atoms with van der Waals surface area (Å²) in [6.07, 6.45) is 5.95. The van der Waals surface area contributed by atoms with Gasteiger partial charge in [-0.2, -0.15) is 0 Å². The van der Waals surface area contributed by atoms with Gasteiger partial charge in [-0.15, -0.1) is 11.3 Å². The number of amides is 1. The lowest BCUT2D eigenvalue weighted by Gasteiger charge is -2.08. The molecule has 0 radical (unpaired) electrons. The maximum Gasteiger partial charge on any atom is 0.345 e. The van der Waals surface area contributed by atoms with E-state index >= 15 is 0 Å². The summed E-state index contributed by atoms with van der Waals surface area (Å²) < 4.78 is 15.8. The van der Waals surface area contributed by atoms with Gasteiger partial charge in [0.05, 0.1) is 6.33 Å². The molecule has 0 aliphatic carbocycles. The Morgan fingerprint density at radius 2 is 2.08 bits per heavy atom. The molecule has 0 bridgehead atoms. The highest BCUT2D eigenvalue weighted by atomic mass is 32.1. The van der Waals surface area contributed by atoms with Gasteiger partial charge >= 0.3 is 5.97 Å². The summed E-state index contributed by atoms with van der Waals surface area (Å²) in [6, 6.07) is 5.47. The molecule has 0 aliphatic rings. The molecule has 1 amide bonds. The number of aromatic carboxylic acids is 1. The van der Waals surface area contributed by atoms with Gasteiger partial charge in [0, 0.05) is 31.0 Å². The Labute approximate surface area is 152 Å². The lowest BCUT2D eigenvalue weighted by atomic mass is 10.0. The normalized spacial score (nSPS) is 10.7. The molecule has 3 aromatic rings. The second-order valence-electron chi connectivity index (χ2n) is 5.64. The quantitative estimate of drug-likeness (QED) is 0.623. The molecule has 2 N–H and O–H groups in total. The van der Waals surface area contributed by atoms with Crippen LogP contribution in [0.15, 0.2) is 48.4 Å². The van der Waals surface area contributed by atoms with E-state index in [1.165, 1.54) is 18.2 Å².